The van der Waals surface area contributed by atoms with Crippen LogP contribution < -0.4 is 5.32 Å². The summed E-state index contributed by atoms with van der Waals surface area (Å²) in [6.07, 6.45) is 0.951. The number of amides is 1. The molecule has 1 aromatic carbocycles. The molecule has 6 heteroatoms. The number of ether oxygens (including phenoxy) is 1. The summed E-state index contributed by atoms with van der Waals surface area (Å²) in [5.41, 5.74) is 0.729. The second-order valence-corrected chi connectivity index (χ2v) is 4.43. The molecule has 1 rings (SSSR count). The standard InChI is InChI=1S/C14H19NO5/c1-20-8-2-3-13(17)15-12(14(18)19)9-10-4-6-11(16)7-5-10/h4-7,12,16H,2-3,8-9H2,1H3,(H,15,17)(H,18,19). The van der Waals surface area contributed by atoms with Crippen molar-refractivity contribution < 1.29 is 24.5 Å². The molecule has 0 aliphatic rings. The summed E-state index contributed by atoms with van der Waals surface area (Å²) in [5.74, 6) is -1.28. The Morgan fingerprint density at radius 2 is 1.95 bits per heavy atom. The summed E-state index contributed by atoms with van der Waals surface area (Å²) in [5, 5.41) is 20.8. The summed E-state index contributed by atoms with van der Waals surface area (Å²) in [6, 6.07) is 5.24. The van der Waals surface area contributed by atoms with Gasteiger partial charge in [-0.2, -0.15) is 0 Å². The molecule has 0 heterocycles. The quantitative estimate of drug-likeness (QED) is 0.616. The molecule has 0 spiro atoms. The van der Waals surface area contributed by atoms with Crippen LogP contribution in [0.3, 0.4) is 0 Å². The lowest BCUT2D eigenvalue weighted by atomic mass is 10.1. The van der Waals surface area contributed by atoms with Gasteiger partial charge in [0.15, 0.2) is 0 Å². The van der Waals surface area contributed by atoms with E-state index in [-0.39, 0.29) is 24.5 Å². The number of aliphatic carboxylic acids is 1. The lowest BCUT2D eigenvalue weighted by molar-refractivity contribution is -0.141. The van der Waals surface area contributed by atoms with Crippen LogP contribution in [0.4, 0.5) is 0 Å². The summed E-state index contributed by atoms with van der Waals surface area (Å²) < 4.78 is 4.83. The van der Waals surface area contributed by atoms with Crippen molar-refractivity contribution in [3.63, 3.8) is 0 Å². The van der Waals surface area contributed by atoms with E-state index in [4.69, 9.17) is 14.9 Å². The zero-order valence-electron chi connectivity index (χ0n) is 11.3. The maximum absolute atomic E-state index is 11.6. The number of methoxy groups -OCH3 is 1. The van der Waals surface area contributed by atoms with E-state index < -0.39 is 12.0 Å². The Bertz CT molecular complexity index is 443. The highest BCUT2D eigenvalue weighted by atomic mass is 16.5. The molecule has 6 nitrogen and oxygen atoms in total. The fourth-order valence-corrected chi connectivity index (χ4v) is 1.71. The summed E-state index contributed by atoms with van der Waals surface area (Å²) >= 11 is 0. The normalized spacial score (nSPS) is 11.8. The predicted octanol–water partition coefficient (Wildman–Crippen LogP) is 0.931. The fourth-order valence-electron chi connectivity index (χ4n) is 1.71. The number of carboxylic acids is 1. The van der Waals surface area contributed by atoms with Gasteiger partial charge >= 0.3 is 5.97 Å². The van der Waals surface area contributed by atoms with Gasteiger partial charge in [0.05, 0.1) is 0 Å². The second kappa shape index (κ2) is 8.16. The molecule has 0 bridgehead atoms. The molecule has 0 saturated heterocycles. The summed E-state index contributed by atoms with van der Waals surface area (Å²) in [7, 11) is 1.54. The first-order valence-corrected chi connectivity index (χ1v) is 6.32. The van der Waals surface area contributed by atoms with Gasteiger partial charge in [-0.3, -0.25) is 4.79 Å². The fraction of sp³-hybridized carbons (Fsp3) is 0.429. The van der Waals surface area contributed by atoms with E-state index >= 15 is 0 Å². The van der Waals surface area contributed by atoms with Crippen molar-refractivity contribution in [1.29, 1.82) is 0 Å². The van der Waals surface area contributed by atoms with E-state index in [0.717, 1.165) is 5.56 Å². The average Bonchev–Trinajstić information content (AvgIpc) is 2.40. The van der Waals surface area contributed by atoms with E-state index in [1.54, 1.807) is 19.2 Å². The third-order valence-corrected chi connectivity index (χ3v) is 2.76. The molecule has 110 valence electrons. The number of carbonyl (C=O) groups is 2. The van der Waals surface area contributed by atoms with Crippen molar-refractivity contribution in [1.82, 2.24) is 5.32 Å². The Hall–Kier alpha value is -2.08. The Kier molecular flexibility index (Phi) is 6.52. The van der Waals surface area contributed by atoms with Crippen molar-refractivity contribution in [3.05, 3.63) is 29.8 Å². The monoisotopic (exact) mass is 281 g/mol. The minimum Gasteiger partial charge on any atom is -0.508 e. The minimum absolute atomic E-state index is 0.115. The zero-order chi connectivity index (χ0) is 15.0. The molecule has 3 N–H and O–H groups in total. The number of benzene rings is 1. The van der Waals surface area contributed by atoms with Gasteiger partial charge in [-0.1, -0.05) is 12.1 Å². The second-order valence-electron chi connectivity index (χ2n) is 4.43. The lowest BCUT2D eigenvalue weighted by Crippen LogP contribution is -2.42. The third-order valence-electron chi connectivity index (χ3n) is 2.76. The van der Waals surface area contributed by atoms with Crippen LogP contribution in [0, 0.1) is 0 Å². The minimum atomic E-state index is -1.09. The van der Waals surface area contributed by atoms with Gasteiger partial charge in [-0.25, -0.2) is 4.79 Å². The topological polar surface area (TPSA) is 95.9 Å². The van der Waals surface area contributed by atoms with Gasteiger partial charge in [0.1, 0.15) is 11.8 Å². The number of hydrogen-bond acceptors (Lipinski definition) is 4. The van der Waals surface area contributed by atoms with Crippen LogP contribution in [0.15, 0.2) is 24.3 Å². The van der Waals surface area contributed by atoms with Crippen LogP contribution in [0.2, 0.25) is 0 Å². The van der Waals surface area contributed by atoms with Crippen molar-refractivity contribution in [2.75, 3.05) is 13.7 Å². The Morgan fingerprint density at radius 3 is 2.50 bits per heavy atom. The van der Waals surface area contributed by atoms with E-state index in [2.05, 4.69) is 5.32 Å². The predicted molar refractivity (Wildman–Crippen MR) is 72.5 cm³/mol. The van der Waals surface area contributed by atoms with Crippen LogP contribution in [0.5, 0.6) is 5.75 Å². The molecule has 0 radical (unpaired) electrons. The first kappa shape index (κ1) is 16.0. The molecule has 1 unspecified atom stereocenters. The highest BCUT2D eigenvalue weighted by molar-refractivity contribution is 5.83. The smallest absolute Gasteiger partial charge is 0.326 e. The number of rotatable bonds is 8. The number of phenols is 1. The van der Waals surface area contributed by atoms with Crippen molar-refractivity contribution in [3.8, 4) is 5.75 Å². The van der Waals surface area contributed by atoms with Gasteiger partial charge in [0.2, 0.25) is 5.91 Å². The van der Waals surface area contributed by atoms with E-state index in [0.29, 0.717) is 13.0 Å². The molecule has 20 heavy (non-hydrogen) atoms. The number of aromatic hydroxyl groups is 1. The Morgan fingerprint density at radius 1 is 1.30 bits per heavy atom. The number of nitrogens with one attached hydrogen (secondary N) is 1. The summed E-state index contributed by atoms with van der Waals surface area (Å²) in [4.78, 5) is 22.8. The molecule has 1 atom stereocenters. The van der Waals surface area contributed by atoms with Gasteiger partial charge in [0, 0.05) is 26.6 Å². The van der Waals surface area contributed by atoms with Crippen LogP contribution in [0.1, 0.15) is 18.4 Å². The van der Waals surface area contributed by atoms with Gasteiger partial charge < -0.3 is 20.3 Å². The molecule has 1 aromatic rings. The maximum Gasteiger partial charge on any atom is 0.326 e. The van der Waals surface area contributed by atoms with Crippen LogP contribution in [-0.4, -0.2) is 41.8 Å². The number of carbonyl (C=O) groups excluding carboxylic acids is 1. The molecule has 0 aliphatic heterocycles. The van der Waals surface area contributed by atoms with Crippen LogP contribution in [-0.2, 0) is 20.7 Å². The number of phenolic OH excluding ortho intramolecular Hbond substituents is 1. The molecule has 0 aromatic heterocycles. The van der Waals surface area contributed by atoms with E-state index in [1.807, 2.05) is 0 Å². The van der Waals surface area contributed by atoms with Crippen LogP contribution in [0.25, 0.3) is 0 Å². The lowest BCUT2D eigenvalue weighted by Gasteiger charge is -2.14. The van der Waals surface area contributed by atoms with Crippen molar-refractivity contribution in [2.45, 2.75) is 25.3 Å². The molecule has 0 aliphatic carbocycles. The molecular formula is C14H19NO5. The Balaban J connectivity index is 2.54. The summed E-state index contributed by atoms with van der Waals surface area (Å²) in [6.45, 7) is 0.461. The number of carboxylic acid groups (broad SMARTS) is 1. The highest BCUT2D eigenvalue weighted by Gasteiger charge is 2.20. The third kappa shape index (κ3) is 5.71. The van der Waals surface area contributed by atoms with Gasteiger partial charge in [0.25, 0.3) is 0 Å². The van der Waals surface area contributed by atoms with Crippen molar-refractivity contribution >= 4 is 11.9 Å². The molecular weight excluding hydrogens is 262 g/mol. The number of hydrogen-bond donors (Lipinski definition) is 3. The molecule has 0 saturated carbocycles. The van der Waals surface area contributed by atoms with Gasteiger partial charge in [-0.15, -0.1) is 0 Å². The van der Waals surface area contributed by atoms with E-state index in [9.17, 15) is 9.59 Å². The van der Waals surface area contributed by atoms with Crippen molar-refractivity contribution in [2.24, 2.45) is 0 Å². The zero-order valence-corrected chi connectivity index (χ0v) is 11.3. The van der Waals surface area contributed by atoms with E-state index in [1.165, 1.54) is 12.1 Å². The van der Waals surface area contributed by atoms with Gasteiger partial charge in [-0.05, 0) is 24.1 Å². The first-order chi connectivity index (χ1) is 9.52. The first-order valence-electron chi connectivity index (χ1n) is 6.32. The highest BCUT2D eigenvalue weighted by Crippen LogP contribution is 2.11. The molecule has 0 fully saturated rings. The largest absolute Gasteiger partial charge is 0.508 e. The maximum atomic E-state index is 11.6. The average molecular weight is 281 g/mol. The SMILES string of the molecule is COCCCC(=O)NC(Cc1ccc(O)cc1)C(=O)O. The molecule has 1 amide bonds. The van der Waals surface area contributed by atoms with Crippen LogP contribution >= 0.6 is 0 Å². The Labute approximate surface area is 117 Å².